The highest BCUT2D eigenvalue weighted by atomic mass is 35.5. The van der Waals surface area contributed by atoms with E-state index in [0.717, 1.165) is 34.9 Å². The summed E-state index contributed by atoms with van der Waals surface area (Å²) >= 11 is 12.6. The maximum absolute atomic E-state index is 6.31. The molecule has 0 aliphatic heterocycles. The molecule has 0 bridgehead atoms. The molecule has 4 heteroatoms. The molecule has 1 aliphatic carbocycles. The minimum Gasteiger partial charge on any atom is -0.377 e. The first-order valence-electron chi connectivity index (χ1n) is 7.28. The number of likely N-dealkylation sites (N-methyl/N-ethyl adjacent to an activating group) is 1. The average molecular weight is 316 g/mol. The van der Waals surface area contributed by atoms with E-state index in [0.29, 0.717) is 0 Å². The third-order valence-electron chi connectivity index (χ3n) is 4.56. The molecule has 2 nitrogen and oxygen atoms in total. The summed E-state index contributed by atoms with van der Waals surface area (Å²) in [4.78, 5) is 0. The Labute approximate surface area is 131 Å². The molecule has 1 unspecified atom stereocenters. The van der Waals surface area contributed by atoms with Gasteiger partial charge in [0.1, 0.15) is 0 Å². The fourth-order valence-electron chi connectivity index (χ4n) is 3.33. The van der Waals surface area contributed by atoms with Crippen molar-refractivity contribution in [2.45, 2.75) is 50.2 Å². The second-order valence-corrected chi connectivity index (χ2v) is 6.39. The summed E-state index contributed by atoms with van der Waals surface area (Å²) in [5, 5.41) is 4.90. The van der Waals surface area contributed by atoms with E-state index in [9.17, 15) is 0 Å². The van der Waals surface area contributed by atoms with Gasteiger partial charge in [-0.2, -0.15) is 0 Å². The van der Waals surface area contributed by atoms with Gasteiger partial charge in [-0.25, -0.2) is 0 Å². The van der Waals surface area contributed by atoms with Gasteiger partial charge in [0.2, 0.25) is 0 Å². The molecule has 1 saturated carbocycles. The van der Waals surface area contributed by atoms with Crippen LogP contribution in [0.15, 0.2) is 18.2 Å². The highest BCUT2D eigenvalue weighted by Crippen LogP contribution is 2.37. The summed E-state index contributed by atoms with van der Waals surface area (Å²) in [7, 11) is 3.81. The first-order chi connectivity index (χ1) is 9.63. The zero-order valence-corrected chi connectivity index (χ0v) is 13.7. The molecule has 0 aromatic heterocycles. The Bertz CT molecular complexity index is 424. The van der Waals surface area contributed by atoms with Crippen molar-refractivity contribution in [1.29, 1.82) is 0 Å². The van der Waals surface area contributed by atoms with Crippen LogP contribution in [0.3, 0.4) is 0 Å². The molecule has 0 saturated heterocycles. The highest BCUT2D eigenvalue weighted by molar-refractivity contribution is 6.36. The van der Waals surface area contributed by atoms with Crippen molar-refractivity contribution in [3.05, 3.63) is 33.8 Å². The van der Waals surface area contributed by atoms with E-state index in [2.05, 4.69) is 5.32 Å². The lowest BCUT2D eigenvalue weighted by molar-refractivity contribution is -0.0656. The Morgan fingerprint density at radius 3 is 2.30 bits per heavy atom. The van der Waals surface area contributed by atoms with Gasteiger partial charge in [-0.3, -0.25) is 0 Å². The van der Waals surface area contributed by atoms with E-state index in [1.165, 1.54) is 19.3 Å². The van der Waals surface area contributed by atoms with Gasteiger partial charge in [0.15, 0.2) is 0 Å². The average Bonchev–Trinajstić information content (AvgIpc) is 2.48. The summed E-state index contributed by atoms with van der Waals surface area (Å²) in [6.07, 6.45) is 6.73. The van der Waals surface area contributed by atoms with Crippen molar-refractivity contribution >= 4 is 23.2 Å². The molecule has 2 rings (SSSR count). The molecule has 20 heavy (non-hydrogen) atoms. The lowest BCUT2D eigenvalue weighted by Gasteiger charge is -2.42. The first kappa shape index (κ1) is 16.1. The van der Waals surface area contributed by atoms with E-state index in [-0.39, 0.29) is 11.6 Å². The summed E-state index contributed by atoms with van der Waals surface area (Å²) in [6.45, 7) is 0. The van der Waals surface area contributed by atoms with Crippen molar-refractivity contribution in [2.75, 3.05) is 14.2 Å². The fourth-order valence-corrected chi connectivity index (χ4v) is 3.88. The standard InChI is InChI=1S/C16H23Cl2NO/c1-19-15(16(20-2)9-4-3-5-10-16)11-12-13(17)7-6-8-14(12)18/h6-8,15,19H,3-5,9-11H2,1-2H3. The van der Waals surface area contributed by atoms with Crippen LogP contribution < -0.4 is 5.32 Å². The maximum Gasteiger partial charge on any atom is 0.0834 e. The van der Waals surface area contributed by atoms with Crippen LogP contribution in [-0.4, -0.2) is 25.8 Å². The Hall–Kier alpha value is -0.280. The van der Waals surface area contributed by atoms with Gasteiger partial charge in [0.05, 0.1) is 5.60 Å². The van der Waals surface area contributed by atoms with Gasteiger partial charge in [0.25, 0.3) is 0 Å². The second-order valence-electron chi connectivity index (χ2n) is 5.58. The molecule has 0 amide bonds. The van der Waals surface area contributed by atoms with Crippen LogP contribution in [0.1, 0.15) is 37.7 Å². The summed E-state index contributed by atoms with van der Waals surface area (Å²) < 4.78 is 5.94. The number of hydrogen-bond donors (Lipinski definition) is 1. The van der Waals surface area contributed by atoms with Crippen molar-refractivity contribution < 1.29 is 4.74 Å². The van der Waals surface area contributed by atoms with Gasteiger partial charge in [0, 0.05) is 23.2 Å². The van der Waals surface area contributed by atoms with Crippen molar-refractivity contribution in [2.24, 2.45) is 0 Å². The molecule has 0 radical (unpaired) electrons. The van der Waals surface area contributed by atoms with E-state index in [1.807, 2.05) is 32.4 Å². The third kappa shape index (κ3) is 3.30. The van der Waals surface area contributed by atoms with E-state index in [4.69, 9.17) is 27.9 Å². The molecule has 0 heterocycles. The first-order valence-corrected chi connectivity index (χ1v) is 8.04. The van der Waals surface area contributed by atoms with Crippen LogP contribution in [0.5, 0.6) is 0 Å². The topological polar surface area (TPSA) is 21.3 Å². The third-order valence-corrected chi connectivity index (χ3v) is 5.27. The van der Waals surface area contributed by atoms with Crippen LogP contribution in [0.4, 0.5) is 0 Å². The molecule has 112 valence electrons. The number of hydrogen-bond acceptors (Lipinski definition) is 2. The molecular formula is C16H23Cl2NO. The zero-order chi connectivity index (χ0) is 14.6. The van der Waals surface area contributed by atoms with Crippen LogP contribution in [0.25, 0.3) is 0 Å². The quantitative estimate of drug-likeness (QED) is 0.865. The monoisotopic (exact) mass is 315 g/mol. The summed E-state index contributed by atoms with van der Waals surface area (Å²) in [5.74, 6) is 0. The number of methoxy groups -OCH3 is 1. The number of benzene rings is 1. The Morgan fingerprint density at radius 1 is 1.20 bits per heavy atom. The van der Waals surface area contributed by atoms with Gasteiger partial charge in [-0.1, -0.05) is 48.5 Å². The number of rotatable bonds is 5. The molecule has 1 aromatic rings. The molecule has 1 aromatic carbocycles. The summed E-state index contributed by atoms with van der Waals surface area (Å²) in [6, 6.07) is 5.91. The normalized spacial score (nSPS) is 19.8. The van der Waals surface area contributed by atoms with E-state index in [1.54, 1.807) is 0 Å². The predicted molar refractivity (Wildman–Crippen MR) is 85.8 cm³/mol. The molecule has 0 spiro atoms. The number of ether oxygens (including phenoxy) is 1. The van der Waals surface area contributed by atoms with Crippen LogP contribution in [-0.2, 0) is 11.2 Å². The Kier molecular flexibility index (Phi) is 5.74. The predicted octanol–water partition coefficient (Wildman–Crippen LogP) is 4.47. The Balaban J connectivity index is 2.23. The van der Waals surface area contributed by atoms with Crippen molar-refractivity contribution in [3.63, 3.8) is 0 Å². The van der Waals surface area contributed by atoms with Gasteiger partial charge in [-0.15, -0.1) is 0 Å². The SMILES string of the molecule is CNC(Cc1c(Cl)cccc1Cl)C1(OC)CCCCC1. The number of nitrogens with one attached hydrogen (secondary N) is 1. The second kappa shape index (κ2) is 7.13. The molecular weight excluding hydrogens is 293 g/mol. The van der Waals surface area contributed by atoms with Crippen molar-refractivity contribution in [3.8, 4) is 0 Å². The van der Waals surface area contributed by atoms with Crippen LogP contribution in [0.2, 0.25) is 10.0 Å². The van der Waals surface area contributed by atoms with Crippen LogP contribution >= 0.6 is 23.2 Å². The van der Waals surface area contributed by atoms with Gasteiger partial charge < -0.3 is 10.1 Å². The maximum atomic E-state index is 6.31. The van der Waals surface area contributed by atoms with Gasteiger partial charge >= 0.3 is 0 Å². The minimum atomic E-state index is -0.102. The highest BCUT2D eigenvalue weighted by Gasteiger charge is 2.39. The molecule has 1 atom stereocenters. The van der Waals surface area contributed by atoms with E-state index < -0.39 is 0 Å². The molecule has 1 aliphatic rings. The molecule has 1 fully saturated rings. The fraction of sp³-hybridized carbons (Fsp3) is 0.625. The number of halogens is 2. The van der Waals surface area contributed by atoms with E-state index >= 15 is 0 Å². The van der Waals surface area contributed by atoms with Gasteiger partial charge in [-0.05, 0) is 44.0 Å². The minimum absolute atomic E-state index is 0.102. The lowest BCUT2D eigenvalue weighted by atomic mass is 9.77. The smallest absolute Gasteiger partial charge is 0.0834 e. The lowest BCUT2D eigenvalue weighted by Crippen LogP contribution is -2.53. The molecule has 1 N–H and O–H groups in total. The largest absolute Gasteiger partial charge is 0.377 e. The Morgan fingerprint density at radius 2 is 1.80 bits per heavy atom. The van der Waals surface area contributed by atoms with Crippen molar-refractivity contribution in [1.82, 2.24) is 5.32 Å². The zero-order valence-electron chi connectivity index (χ0n) is 12.2. The summed E-state index contributed by atoms with van der Waals surface area (Å²) in [5.41, 5.74) is 0.910. The van der Waals surface area contributed by atoms with Crippen LogP contribution in [0, 0.1) is 0 Å².